The van der Waals surface area contributed by atoms with Crippen LogP contribution in [-0.4, -0.2) is 41.1 Å². The second-order valence-electron chi connectivity index (χ2n) is 7.54. The molecule has 0 aliphatic rings. The molecule has 0 fully saturated rings. The van der Waals surface area contributed by atoms with Gasteiger partial charge in [0.25, 0.3) is 0 Å². The molecule has 0 saturated heterocycles. The summed E-state index contributed by atoms with van der Waals surface area (Å²) in [6.07, 6.45) is 6.70. The highest BCUT2D eigenvalue weighted by molar-refractivity contribution is 5.85. The Morgan fingerprint density at radius 1 is 1.22 bits per heavy atom. The van der Waals surface area contributed by atoms with E-state index in [0.29, 0.717) is 41.3 Å². The SMILES string of the molecule is CC[C@@H](O)n1cnc2c(NCCc3c[nH]c4ccccc34)nc(-c3cncc(F)c3)nc21. The van der Waals surface area contributed by atoms with Gasteiger partial charge in [0, 0.05) is 35.4 Å². The fraction of sp³-hybridized carbons (Fsp3) is 0.217. The maximum atomic E-state index is 13.8. The minimum atomic E-state index is -0.771. The number of para-hydroxylation sites is 1. The summed E-state index contributed by atoms with van der Waals surface area (Å²) < 4.78 is 15.4. The number of aromatic amines is 1. The first kappa shape index (κ1) is 20.1. The molecule has 1 atom stereocenters. The smallest absolute Gasteiger partial charge is 0.168 e. The topological polar surface area (TPSA) is 105 Å². The molecule has 5 rings (SSSR count). The molecular formula is C23H22FN7O. The standard InChI is InChI=1S/C23H22FN7O/c1-2-19(32)31-13-28-20-22(26-8-7-14-11-27-18-6-4-3-5-17(14)18)29-21(30-23(20)31)15-9-16(24)12-25-10-15/h3-6,9-13,19,27,32H,2,7-8H2,1H3,(H,26,29,30)/t19-/m1/s1. The summed E-state index contributed by atoms with van der Waals surface area (Å²) in [5.74, 6) is 0.363. The molecule has 162 valence electrons. The van der Waals surface area contributed by atoms with Gasteiger partial charge in [-0.15, -0.1) is 0 Å². The Kier molecular flexibility index (Phi) is 5.24. The van der Waals surface area contributed by atoms with Gasteiger partial charge in [0.1, 0.15) is 12.0 Å². The third kappa shape index (κ3) is 3.67. The molecule has 5 aromatic rings. The van der Waals surface area contributed by atoms with E-state index in [9.17, 15) is 9.50 Å². The van der Waals surface area contributed by atoms with Crippen molar-refractivity contribution in [1.82, 2.24) is 29.5 Å². The Bertz CT molecular complexity index is 1390. The monoisotopic (exact) mass is 431 g/mol. The van der Waals surface area contributed by atoms with Crippen LogP contribution >= 0.6 is 0 Å². The molecule has 0 amide bonds. The van der Waals surface area contributed by atoms with Crippen LogP contribution in [0.3, 0.4) is 0 Å². The number of H-pyrrole nitrogens is 1. The molecule has 0 unspecified atom stereocenters. The first-order valence-electron chi connectivity index (χ1n) is 10.5. The summed E-state index contributed by atoms with van der Waals surface area (Å²) in [4.78, 5) is 20.8. The van der Waals surface area contributed by atoms with Crippen LogP contribution in [0.4, 0.5) is 10.2 Å². The number of rotatable bonds is 7. The lowest BCUT2D eigenvalue weighted by atomic mass is 10.1. The van der Waals surface area contributed by atoms with Gasteiger partial charge in [0.15, 0.2) is 22.8 Å². The second kappa shape index (κ2) is 8.35. The third-order valence-electron chi connectivity index (χ3n) is 5.43. The molecule has 9 heteroatoms. The Balaban J connectivity index is 1.50. The zero-order chi connectivity index (χ0) is 22.1. The molecule has 32 heavy (non-hydrogen) atoms. The average Bonchev–Trinajstić information content (AvgIpc) is 3.43. The van der Waals surface area contributed by atoms with Gasteiger partial charge >= 0.3 is 0 Å². The normalized spacial score (nSPS) is 12.5. The number of hydrogen-bond acceptors (Lipinski definition) is 6. The molecule has 4 aromatic heterocycles. The lowest BCUT2D eigenvalue weighted by molar-refractivity contribution is 0.103. The van der Waals surface area contributed by atoms with Crippen LogP contribution in [0.2, 0.25) is 0 Å². The summed E-state index contributed by atoms with van der Waals surface area (Å²) in [5.41, 5.74) is 3.76. The van der Waals surface area contributed by atoms with Crippen molar-refractivity contribution in [2.75, 3.05) is 11.9 Å². The number of nitrogens with one attached hydrogen (secondary N) is 2. The lowest BCUT2D eigenvalue weighted by Crippen LogP contribution is -2.10. The number of aliphatic hydroxyl groups is 1. The summed E-state index contributed by atoms with van der Waals surface area (Å²) in [5, 5.41) is 14.9. The van der Waals surface area contributed by atoms with E-state index < -0.39 is 12.0 Å². The van der Waals surface area contributed by atoms with Gasteiger partial charge in [0.05, 0.1) is 12.5 Å². The minimum absolute atomic E-state index is 0.309. The first-order chi connectivity index (χ1) is 15.6. The number of imidazole rings is 1. The first-order valence-corrected chi connectivity index (χ1v) is 10.5. The number of fused-ring (bicyclic) bond motifs is 2. The van der Waals surface area contributed by atoms with E-state index in [2.05, 4.69) is 36.3 Å². The van der Waals surface area contributed by atoms with Gasteiger partial charge < -0.3 is 15.4 Å². The number of pyridine rings is 1. The van der Waals surface area contributed by atoms with Crippen molar-refractivity contribution in [2.45, 2.75) is 26.0 Å². The van der Waals surface area contributed by atoms with Crippen molar-refractivity contribution in [1.29, 1.82) is 0 Å². The molecule has 0 saturated carbocycles. The number of hydrogen-bond donors (Lipinski definition) is 3. The van der Waals surface area contributed by atoms with Crippen molar-refractivity contribution in [3.63, 3.8) is 0 Å². The van der Waals surface area contributed by atoms with E-state index in [4.69, 9.17) is 0 Å². The average molecular weight is 431 g/mol. The largest absolute Gasteiger partial charge is 0.373 e. The van der Waals surface area contributed by atoms with Crippen LogP contribution < -0.4 is 5.32 Å². The molecule has 3 N–H and O–H groups in total. The highest BCUT2D eigenvalue weighted by Gasteiger charge is 2.18. The molecule has 0 spiro atoms. The highest BCUT2D eigenvalue weighted by atomic mass is 19.1. The molecule has 1 aromatic carbocycles. The van der Waals surface area contributed by atoms with Crippen molar-refractivity contribution in [2.24, 2.45) is 0 Å². The zero-order valence-corrected chi connectivity index (χ0v) is 17.5. The van der Waals surface area contributed by atoms with Gasteiger partial charge in [-0.3, -0.25) is 9.55 Å². The van der Waals surface area contributed by atoms with Crippen LogP contribution in [-0.2, 0) is 6.42 Å². The van der Waals surface area contributed by atoms with E-state index >= 15 is 0 Å². The summed E-state index contributed by atoms with van der Waals surface area (Å²) >= 11 is 0. The number of anilines is 1. The van der Waals surface area contributed by atoms with Crippen LogP contribution in [0, 0.1) is 5.82 Å². The molecule has 4 heterocycles. The maximum Gasteiger partial charge on any atom is 0.168 e. The van der Waals surface area contributed by atoms with E-state index in [1.165, 1.54) is 23.2 Å². The minimum Gasteiger partial charge on any atom is -0.373 e. The Hall–Kier alpha value is -3.85. The molecular weight excluding hydrogens is 409 g/mol. The Labute approximate surface area is 183 Å². The maximum absolute atomic E-state index is 13.8. The fourth-order valence-corrected chi connectivity index (χ4v) is 3.77. The quantitative estimate of drug-likeness (QED) is 0.359. The fourth-order valence-electron chi connectivity index (χ4n) is 3.77. The summed E-state index contributed by atoms with van der Waals surface area (Å²) in [7, 11) is 0. The Morgan fingerprint density at radius 2 is 2.09 bits per heavy atom. The predicted molar refractivity (Wildman–Crippen MR) is 121 cm³/mol. The van der Waals surface area contributed by atoms with E-state index in [-0.39, 0.29) is 0 Å². The second-order valence-corrected chi connectivity index (χ2v) is 7.54. The van der Waals surface area contributed by atoms with Crippen LogP contribution in [0.25, 0.3) is 33.5 Å². The van der Waals surface area contributed by atoms with E-state index in [1.807, 2.05) is 31.3 Å². The predicted octanol–water partition coefficient (Wildman–Crippen LogP) is 4.06. The molecule has 0 aliphatic heterocycles. The number of nitrogens with zero attached hydrogens (tertiary/aromatic N) is 5. The van der Waals surface area contributed by atoms with E-state index in [1.54, 1.807) is 10.9 Å². The van der Waals surface area contributed by atoms with Crippen LogP contribution in [0.1, 0.15) is 25.1 Å². The van der Waals surface area contributed by atoms with Gasteiger partial charge in [-0.25, -0.2) is 19.3 Å². The van der Waals surface area contributed by atoms with Crippen LogP contribution in [0.5, 0.6) is 0 Å². The van der Waals surface area contributed by atoms with Gasteiger partial charge in [-0.1, -0.05) is 25.1 Å². The van der Waals surface area contributed by atoms with Crippen molar-refractivity contribution in [3.8, 4) is 11.4 Å². The van der Waals surface area contributed by atoms with Crippen LogP contribution in [0.15, 0.2) is 55.2 Å². The molecule has 0 bridgehead atoms. The van der Waals surface area contributed by atoms with Gasteiger partial charge in [-0.2, -0.15) is 0 Å². The number of benzene rings is 1. The molecule has 0 aliphatic carbocycles. The zero-order valence-electron chi connectivity index (χ0n) is 17.5. The van der Waals surface area contributed by atoms with Gasteiger partial charge in [0.2, 0.25) is 0 Å². The van der Waals surface area contributed by atoms with Crippen molar-refractivity contribution < 1.29 is 9.50 Å². The van der Waals surface area contributed by atoms with Crippen molar-refractivity contribution >= 4 is 27.9 Å². The third-order valence-corrected chi connectivity index (χ3v) is 5.43. The number of aliphatic hydroxyl groups excluding tert-OH is 1. The highest BCUT2D eigenvalue weighted by Crippen LogP contribution is 2.26. The number of halogens is 1. The Morgan fingerprint density at radius 3 is 2.94 bits per heavy atom. The number of aromatic nitrogens is 6. The molecule has 8 nitrogen and oxygen atoms in total. The molecule has 0 radical (unpaired) electrons. The lowest BCUT2D eigenvalue weighted by Gasteiger charge is -2.12. The summed E-state index contributed by atoms with van der Waals surface area (Å²) in [6.45, 7) is 2.48. The van der Waals surface area contributed by atoms with E-state index in [0.717, 1.165) is 18.1 Å². The van der Waals surface area contributed by atoms with Crippen molar-refractivity contribution in [3.05, 3.63) is 66.6 Å². The van der Waals surface area contributed by atoms with Gasteiger partial charge in [-0.05, 0) is 30.5 Å². The summed E-state index contributed by atoms with van der Waals surface area (Å²) in [6, 6.07) is 9.49.